The molecule has 0 unspecified atom stereocenters. The van der Waals surface area contributed by atoms with Gasteiger partial charge in [0.1, 0.15) is 5.76 Å². The Morgan fingerprint density at radius 3 is 2.71 bits per heavy atom. The van der Waals surface area contributed by atoms with Crippen LogP contribution in [0.5, 0.6) is 0 Å². The highest BCUT2D eigenvalue weighted by atomic mass is 16.5. The van der Waals surface area contributed by atoms with Crippen molar-refractivity contribution in [3.8, 4) is 0 Å². The Labute approximate surface area is 123 Å². The third-order valence-electron chi connectivity index (χ3n) is 3.91. The molecule has 6 nitrogen and oxygen atoms in total. The van der Waals surface area contributed by atoms with Gasteiger partial charge in [0, 0.05) is 12.6 Å². The van der Waals surface area contributed by atoms with Crippen molar-refractivity contribution in [2.24, 2.45) is 5.92 Å². The van der Waals surface area contributed by atoms with Gasteiger partial charge in [-0.15, -0.1) is 0 Å². The van der Waals surface area contributed by atoms with E-state index in [0.717, 1.165) is 17.6 Å². The van der Waals surface area contributed by atoms with Gasteiger partial charge in [-0.3, -0.25) is 9.69 Å². The molecule has 21 heavy (non-hydrogen) atoms. The van der Waals surface area contributed by atoms with Crippen LogP contribution in [0.25, 0.3) is 10.9 Å². The fourth-order valence-electron chi connectivity index (χ4n) is 2.84. The zero-order valence-electron chi connectivity index (χ0n) is 13.1. The van der Waals surface area contributed by atoms with E-state index in [9.17, 15) is 4.79 Å². The molecule has 0 bridgehead atoms. The van der Waals surface area contributed by atoms with Gasteiger partial charge >= 0.3 is 0 Å². The summed E-state index contributed by atoms with van der Waals surface area (Å²) in [5, 5.41) is 9.10. The zero-order chi connectivity index (χ0) is 15.1. The minimum Gasteiger partial charge on any atom is -0.360 e. The van der Waals surface area contributed by atoms with Crippen LogP contribution >= 0.6 is 0 Å². The summed E-state index contributed by atoms with van der Waals surface area (Å²) in [5.74, 6) is 1.22. The van der Waals surface area contributed by atoms with Gasteiger partial charge in [0.15, 0.2) is 5.52 Å². The molecule has 1 aliphatic carbocycles. The SMILES string of the molecule is Cc1nn(CN(CC(C)C)C2CC2)c(=O)c2noc(C)c12. The Hall–Kier alpha value is -1.69. The first kappa shape index (κ1) is 14.3. The predicted octanol–water partition coefficient (Wildman–Crippen LogP) is 2.08. The second kappa shape index (κ2) is 5.26. The predicted molar refractivity (Wildman–Crippen MR) is 80.1 cm³/mol. The smallest absolute Gasteiger partial charge is 0.298 e. The molecule has 0 spiro atoms. The molecular weight excluding hydrogens is 268 g/mol. The Balaban J connectivity index is 1.96. The maximum absolute atomic E-state index is 12.5. The largest absolute Gasteiger partial charge is 0.360 e. The summed E-state index contributed by atoms with van der Waals surface area (Å²) >= 11 is 0. The molecule has 1 fully saturated rings. The Kier molecular flexibility index (Phi) is 3.57. The average molecular weight is 290 g/mol. The van der Waals surface area contributed by atoms with Gasteiger partial charge in [-0.1, -0.05) is 19.0 Å². The monoisotopic (exact) mass is 290 g/mol. The maximum Gasteiger partial charge on any atom is 0.298 e. The number of aromatic nitrogens is 3. The molecule has 3 rings (SSSR count). The number of aryl methyl sites for hydroxylation is 2. The van der Waals surface area contributed by atoms with Crippen LogP contribution in [0.3, 0.4) is 0 Å². The normalized spacial score (nSPS) is 15.5. The highest BCUT2D eigenvalue weighted by molar-refractivity contribution is 5.81. The molecule has 6 heteroatoms. The fraction of sp³-hybridized carbons (Fsp3) is 0.667. The first-order valence-corrected chi connectivity index (χ1v) is 7.55. The topological polar surface area (TPSA) is 64.2 Å². The highest BCUT2D eigenvalue weighted by Gasteiger charge is 2.30. The van der Waals surface area contributed by atoms with Crippen LogP contribution in [-0.4, -0.2) is 32.4 Å². The van der Waals surface area contributed by atoms with E-state index in [4.69, 9.17) is 4.52 Å². The first-order chi connectivity index (χ1) is 9.97. The lowest BCUT2D eigenvalue weighted by Gasteiger charge is -2.24. The Morgan fingerprint density at radius 1 is 1.38 bits per heavy atom. The number of hydrogen-bond acceptors (Lipinski definition) is 5. The van der Waals surface area contributed by atoms with E-state index in [1.54, 1.807) is 0 Å². The van der Waals surface area contributed by atoms with Crippen molar-refractivity contribution in [1.82, 2.24) is 19.8 Å². The molecular formula is C15H22N4O2. The van der Waals surface area contributed by atoms with E-state index in [2.05, 4.69) is 29.0 Å². The van der Waals surface area contributed by atoms with Crippen molar-refractivity contribution in [1.29, 1.82) is 0 Å². The molecule has 0 N–H and O–H groups in total. The number of rotatable bonds is 5. The van der Waals surface area contributed by atoms with Crippen LogP contribution in [0.1, 0.15) is 38.1 Å². The summed E-state index contributed by atoms with van der Waals surface area (Å²) in [4.78, 5) is 14.9. The Bertz CT molecular complexity index is 712. The summed E-state index contributed by atoms with van der Waals surface area (Å²) in [7, 11) is 0. The van der Waals surface area contributed by atoms with E-state index in [-0.39, 0.29) is 5.56 Å². The molecule has 2 aromatic heterocycles. The van der Waals surface area contributed by atoms with E-state index in [1.165, 1.54) is 17.5 Å². The van der Waals surface area contributed by atoms with Gasteiger partial charge in [0.05, 0.1) is 17.7 Å². The lowest BCUT2D eigenvalue weighted by Crippen LogP contribution is -2.37. The van der Waals surface area contributed by atoms with Crippen LogP contribution in [0.2, 0.25) is 0 Å². The number of hydrogen-bond donors (Lipinski definition) is 0. The molecule has 2 heterocycles. The van der Waals surface area contributed by atoms with E-state index >= 15 is 0 Å². The lowest BCUT2D eigenvalue weighted by molar-refractivity contribution is 0.172. The van der Waals surface area contributed by atoms with Crippen molar-refractivity contribution < 1.29 is 4.52 Å². The molecule has 1 saturated carbocycles. The van der Waals surface area contributed by atoms with E-state index in [0.29, 0.717) is 29.9 Å². The first-order valence-electron chi connectivity index (χ1n) is 7.55. The van der Waals surface area contributed by atoms with E-state index in [1.807, 2.05) is 13.8 Å². The summed E-state index contributed by atoms with van der Waals surface area (Å²) < 4.78 is 6.67. The van der Waals surface area contributed by atoms with Crippen LogP contribution in [0.4, 0.5) is 0 Å². The molecule has 0 aromatic carbocycles. The second-order valence-electron chi connectivity index (χ2n) is 6.39. The minimum atomic E-state index is -0.165. The summed E-state index contributed by atoms with van der Waals surface area (Å²) in [6.07, 6.45) is 2.43. The molecule has 114 valence electrons. The number of nitrogens with zero attached hydrogens (tertiary/aromatic N) is 4. The van der Waals surface area contributed by atoms with Gasteiger partial charge in [0.25, 0.3) is 5.56 Å². The quantitative estimate of drug-likeness (QED) is 0.843. The van der Waals surface area contributed by atoms with Crippen molar-refractivity contribution in [2.45, 2.75) is 53.2 Å². The molecule has 0 amide bonds. The molecule has 0 atom stereocenters. The van der Waals surface area contributed by atoms with Crippen LogP contribution in [0, 0.1) is 19.8 Å². The van der Waals surface area contributed by atoms with Gasteiger partial charge in [-0.2, -0.15) is 5.10 Å². The standard InChI is InChI=1S/C15H22N4O2/c1-9(2)7-18(12-5-6-12)8-19-15(20)14-13(10(3)16-19)11(4)21-17-14/h9,12H,5-8H2,1-4H3. The van der Waals surface area contributed by atoms with Gasteiger partial charge < -0.3 is 4.52 Å². The van der Waals surface area contributed by atoms with Crippen LogP contribution < -0.4 is 5.56 Å². The minimum absolute atomic E-state index is 0.165. The van der Waals surface area contributed by atoms with Crippen LogP contribution in [0.15, 0.2) is 9.32 Å². The van der Waals surface area contributed by atoms with Crippen LogP contribution in [-0.2, 0) is 6.67 Å². The highest BCUT2D eigenvalue weighted by Crippen LogP contribution is 2.28. The molecule has 0 aliphatic heterocycles. The zero-order valence-corrected chi connectivity index (χ0v) is 13.1. The summed E-state index contributed by atoms with van der Waals surface area (Å²) in [6, 6.07) is 0.594. The average Bonchev–Trinajstić information content (AvgIpc) is 3.17. The molecule has 0 saturated heterocycles. The number of fused-ring (bicyclic) bond motifs is 1. The molecule has 2 aromatic rings. The fourth-order valence-corrected chi connectivity index (χ4v) is 2.84. The third kappa shape index (κ3) is 2.72. The van der Waals surface area contributed by atoms with Crippen molar-refractivity contribution in [3.63, 3.8) is 0 Å². The van der Waals surface area contributed by atoms with Crippen molar-refractivity contribution in [3.05, 3.63) is 21.8 Å². The van der Waals surface area contributed by atoms with Crippen molar-refractivity contribution >= 4 is 10.9 Å². The summed E-state index contributed by atoms with van der Waals surface area (Å²) in [5.41, 5.74) is 1.02. The van der Waals surface area contributed by atoms with Gasteiger partial charge in [0.2, 0.25) is 0 Å². The van der Waals surface area contributed by atoms with Gasteiger partial charge in [-0.05, 0) is 32.6 Å². The maximum atomic E-state index is 12.5. The molecule has 0 radical (unpaired) electrons. The lowest BCUT2D eigenvalue weighted by atomic mass is 10.2. The Morgan fingerprint density at radius 2 is 2.10 bits per heavy atom. The van der Waals surface area contributed by atoms with Crippen molar-refractivity contribution in [2.75, 3.05) is 6.54 Å². The third-order valence-corrected chi connectivity index (χ3v) is 3.91. The summed E-state index contributed by atoms with van der Waals surface area (Å²) in [6.45, 7) is 9.61. The van der Waals surface area contributed by atoms with E-state index < -0.39 is 0 Å². The van der Waals surface area contributed by atoms with Gasteiger partial charge in [-0.25, -0.2) is 4.68 Å². The second-order valence-corrected chi connectivity index (χ2v) is 6.39. The molecule has 1 aliphatic rings.